The number of halogens is 2. The van der Waals surface area contributed by atoms with Gasteiger partial charge in [0.2, 0.25) is 5.91 Å². The number of amides is 1. The number of hydrogen-bond acceptors (Lipinski definition) is 3. The minimum Gasteiger partial charge on any atom is -0.352 e. The van der Waals surface area contributed by atoms with Crippen LogP contribution < -0.4 is 16.6 Å². The highest BCUT2D eigenvalue weighted by Gasteiger charge is 2.12. The van der Waals surface area contributed by atoms with Crippen LogP contribution in [0.1, 0.15) is 11.1 Å². The second-order valence-electron chi connectivity index (χ2n) is 4.63. The van der Waals surface area contributed by atoms with Crippen molar-refractivity contribution in [3.05, 3.63) is 58.4 Å². The standard InChI is InChI=1S/C15H15ClFN3O/c1-9-5-6-13(10(7-9)8-14(21)20-18)19-15-11(16)3-2-4-12(15)17/h2-7,19H,8,18H2,1H3,(H,20,21). The predicted octanol–water partition coefficient (Wildman–Crippen LogP) is 3.06. The van der Waals surface area contributed by atoms with E-state index in [0.717, 1.165) is 5.56 Å². The number of hydrogen-bond donors (Lipinski definition) is 3. The van der Waals surface area contributed by atoms with Gasteiger partial charge in [-0.2, -0.15) is 0 Å². The first-order valence-electron chi connectivity index (χ1n) is 6.31. The van der Waals surface area contributed by atoms with E-state index < -0.39 is 5.82 Å². The van der Waals surface area contributed by atoms with Crippen molar-refractivity contribution in [3.8, 4) is 0 Å². The number of aryl methyl sites for hydroxylation is 1. The smallest absolute Gasteiger partial charge is 0.238 e. The van der Waals surface area contributed by atoms with Gasteiger partial charge in [-0.25, -0.2) is 10.2 Å². The maximum absolute atomic E-state index is 13.8. The third kappa shape index (κ3) is 3.71. The molecule has 0 heterocycles. The maximum Gasteiger partial charge on any atom is 0.238 e. The average Bonchev–Trinajstić information content (AvgIpc) is 2.45. The minimum absolute atomic E-state index is 0.0899. The van der Waals surface area contributed by atoms with E-state index in [0.29, 0.717) is 11.3 Å². The van der Waals surface area contributed by atoms with Crippen molar-refractivity contribution in [2.24, 2.45) is 5.84 Å². The van der Waals surface area contributed by atoms with Gasteiger partial charge in [-0.05, 0) is 30.7 Å². The summed E-state index contributed by atoms with van der Waals surface area (Å²) in [6.07, 6.45) is 0.0899. The number of hydrazine groups is 1. The molecule has 6 heteroatoms. The molecule has 0 fully saturated rings. The predicted molar refractivity (Wildman–Crippen MR) is 81.9 cm³/mol. The molecule has 2 rings (SSSR count). The monoisotopic (exact) mass is 307 g/mol. The molecule has 0 spiro atoms. The Morgan fingerprint density at radius 3 is 2.76 bits per heavy atom. The lowest BCUT2D eigenvalue weighted by atomic mass is 10.1. The molecule has 2 aromatic carbocycles. The number of rotatable bonds is 4. The second-order valence-corrected chi connectivity index (χ2v) is 5.03. The molecule has 4 N–H and O–H groups in total. The highest BCUT2D eigenvalue weighted by molar-refractivity contribution is 6.33. The number of benzene rings is 2. The molecule has 110 valence electrons. The Hall–Kier alpha value is -2.11. The van der Waals surface area contributed by atoms with Crippen molar-refractivity contribution in [2.75, 3.05) is 5.32 Å². The van der Waals surface area contributed by atoms with Gasteiger partial charge in [-0.15, -0.1) is 0 Å². The van der Waals surface area contributed by atoms with Crippen LogP contribution in [0.2, 0.25) is 5.02 Å². The first-order chi connectivity index (χ1) is 10.0. The van der Waals surface area contributed by atoms with E-state index in [1.807, 2.05) is 19.1 Å². The molecule has 0 saturated carbocycles. The Bertz CT molecular complexity index is 656. The Labute approximate surface area is 127 Å². The minimum atomic E-state index is -0.461. The van der Waals surface area contributed by atoms with Crippen LogP contribution in [-0.4, -0.2) is 5.91 Å². The molecule has 1 amide bonds. The Kier molecular flexibility index (Phi) is 4.77. The molecule has 0 saturated heterocycles. The molecule has 0 bridgehead atoms. The molecule has 0 aliphatic heterocycles. The van der Waals surface area contributed by atoms with Crippen molar-refractivity contribution >= 4 is 28.9 Å². The topological polar surface area (TPSA) is 67.2 Å². The summed E-state index contributed by atoms with van der Waals surface area (Å²) in [5.74, 6) is 4.32. The fraction of sp³-hybridized carbons (Fsp3) is 0.133. The van der Waals surface area contributed by atoms with E-state index in [4.69, 9.17) is 17.4 Å². The normalized spacial score (nSPS) is 10.3. The zero-order valence-corrected chi connectivity index (χ0v) is 12.2. The lowest BCUT2D eigenvalue weighted by Crippen LogP contribution is -2.31. The lowest BCUT2D eigenvalue weighted by Gasteiger charge is -2.14. The van der Waals surface area contributed by atoms with Crippen LogP contribution in [0.5, 0.6) is 0 Å². The number of nitrogens with one attached hydrogen (secondary N) is 2. The van der Waals surface area contributed by atoms with E-state index in [-0.39, 0.29) is 23.0 Å². The van der Waals surface area contributed by atoms with Crippen molar-refractivity contribution < 1.29 is 9.18 Å². The van der Waals surface area contributed by atoms with Crippen molar-refractivity contribution in [3.63, 3.8) is 0 Å². The second kappa shape index (κ2) is 6.56. The van der Waals surface area contributed by atoms with Crippen LogP contribution in [0, 0.1) is 12.7 Å². The van der Waals surface area contributed by atoms with Gasteiger partial charge < -0.3 is 5.32 Å². The molecule has 0 unspecified atom stereocenters. The summed E-state index contributed by atoms with van der Waals surface area (Å²) >= 11 is 5.99. The third-order valence-corrected chi connectivity index (χ3v) is 3.31. The quantitative estimate of drug-likeness (QED) is 0.462. The number of carbonyl (C=O) groups is 1. The lowest BCUT2D eigenvalue weighted by molar-refractivity contribution is -0.120. The highest BCUT2D eigenvalue weighted by atomic mass is 35.5. The van der Waals surface area contributed by atoms with Crippen LogP contribution in [-0.2, 0) is 11.2 Å². The van der Waals surface area contributed by atoms with Gasteiger partial charge in [0, 0.05) is 5.69 Å². The van der Waals surface area contributed by atoms with Crippen LogP contribution >= 0.6 is 11.6 Å². The summed E-state index contributed by atoms with van der Waals surface area (Å²) < 4.78 is 13.8. The summed E-state index contributed by atoms with van der Waals surface area (Å²) in [6.45, 7) is 1.91. The van der Waals surface area contributed by atoms with Crippen molar-refractivity contribution in [1.29, 1.82) is 0 Å². The van der Waals surface area contributed by atoms with Gasteiger partial charge in [0.25, 0.3) is 0 Å². The Morgan fingerprint density at radius 2 is 2.10 bits per heavy atom. The first-order valence-corrected chi connectivity index (χ1v) is 6.69. The molecule has 21 heavy (non-hydrogen) atoms. The first kappa shape index (κ1) is 15.3. The van der Waals surface area contributed by atoms with Gasteiger partial charge in [0.05, 0.1) is 17.1 Å². The summed E-state index contributed by atoms with van der Waals surface area (Å²) in [5.41, 5.74) is 4.56. The molecule has 0 radical (unpaired) electrons. The fourth-order valence-electron chi connectivity index (χ4n) is 1.97. The van der Waals surface area contributed by atoms with Gasteiger partial charge in [-0.3, -0.25) is 10.2 Å². The van der Waals surface area contributed by atoms with Crippen LogP contribution in [0.25, 0.3) is 0 Å². The number of anilines is 2. The summed E-state index contributed by atoms with van der Waals surface area (Å²) in [7, 11) is 0. The molecular formula is C15H15ClFN3O. The zero-order chi connectivity index (χ0) is 15.4. The van der Waals surface area contributed by atoms with E-state index in [1.165, 1.54) is 12.1 Å². The van der Waals surface area contributed by atoms with Gasteiger partial charge in [-0.1, -0.05) is 35.4 Å². The van der Waals surface area contributed by atoms with Gasteiger partial charge in [0.15, 0.2) is 0 Å². The number of para-hydroxylation sites is 1. The van der Waals surface area contributed by atoms with Gasteiger partial charge in [0.1, 0.15) is 5.82 Å². The fourth-order valence-corrected chi connectivity index (χ4v) is 2.18. The summed E-state index contributed by atoms with van der Waals surface area (Å²) in [4.78, 5) is 11.5. The summed E-state index contributed by atoms with van der Waals surface area (Å²) in [5, 5.41) is 3.21. The van der Waals surface area contributed by atoms with Crippen LogP contribution in [0.15, 0.2) is 36.4 Å². The molecule has 0 aliphatic rings. The number of carbonyl (C=O) groups excluding carboxylic acids is 1. The van der Waals surface area contributed by atoms with Crippen molar-refractivity contribution in [2.45, 2.75) is 13.3 Å². The number of nitrogens with two attached hydrogens (primary N) is 1. The molecule has 4 nitrogen and oxygen atoms in total. The van der Waals surface area contributed by atoms with E-state index in [2.05, 4.69) is 10.7 Å². The Morgan fingerprint density at radius 1 is 1.33 bits per heavy atom. The molecule has 2 aromatic rings. The van der Waals surface area contributed by atoms with Crippen LogP contribution in [0.3, 0.4) is 0 Å². The average molecular weight is 308 g/mol. The largest absolute Gasteiger partial charge is 0.352 e. The SMILES string of the molecule is Cc1ccc(Nc2c(F)cccc2Cl)c(CC(=O)NN)c1. The maximum atomic E-state index is 13.8. The van der Waals surface area contributed by atoms with Crippen LogP contribution in [0.4, 0.5) is 15.8 Å². The van der Waals surface area contributed by atoms with Crippen molar-refractivity contribution in [1.82, 2.24) is 5.43 Å². The van der Waals surface area contributed by atoms with E-state index in [9.17, 15) is 9.18 Å². The molecule has 0 aliphatic carbocycles. The van der Waals surface area contributed by atoms with E-state index in [1.54, 1.807) is 12.1 Å². The highest BCUT2D eigenvalue weighted by Crippen LogP contribution is 2.30. The third-order valence-electron chi connectivity index (χ3n) is 3.00. The van der Waals surface area contributed by atoms with Gasteiger partial charge >= 0.3 is 0 Å². The molecule has 0 aromatic heterocycles. The zero-order valence-electron chi connectivity index (χ0n) is 11.4. The Balaban J connectivity index is 2.37. The molecule has 0 atom stereocenters. The van der Waals surface area contributed by atoms with E-state index >= 15 is 0 Å². The molecular weight excluding hydrogens is 293 g/mol. The summed E-state index contributed by atoms with van der Waals surface area (Å²) in [6, 6.07) is 9.91.